The van der Waals surface area contributed by atoms with Crippen molar-refractivity contribution in [1.82, 2.24) is 10.2 Å². The highest BCUT2D eigenvalue weighted by Gasteiger charge is 2.02. The smallest absolute Gasteiger partial charge is 0.0104 e. The van der Waals surface area contributed by atoms with Gasteiger partial charge in [-0.3, -0.25) is 0 Å². The summed E-state index contributed by atoms with van der Waals surface area (Å²) >= 11 is 0. The Labute approximate surface area is 90.1 Å². The van der Waals surface area contributed by atoms with Crippen LogP contribution < -0.4 is 5.32 Å². The number of rotatable bonds is 8. The molecular weight excluding hydrogens is 172 g/mol. The van der Waals surface area contributed by atoms with Crippen molar-refractivity contribution in [2.75, 3.05) is 26.7 Å². The quantitative estimate of drug-likeness (QED) is 0.647. The van der Waals surface area contributed by atoms with Gasteiger partial charge in [-0.1, -0.05) is 27.2 Å². The van der Waals surface area contributed by atoms with Crippen molar-refractivity contribution >= 4 is 0 Å². The first-order valence-electron chi connectivity index (χ1n) is 5.98. The molecule has 2 heteroatoms. The molecule has 0 bridgehead atoms. The Morgan fingerprint density at radius 3 is 2.36 bits per heavy atom. The van der Waals surface area contributed by atoms with E-state index < -0.39 is 0 Å². The number of hydrogen-bond acceptors (Lipinski definition) is 2. The monoisotopic (exact) mass is 200 g/mol. The Balaban J connectivity index is 3.34. The van der Waals surface area contributed by atoms with Gasteiger partial charge in [-0.2, -0.15) is 0 Å². The SMILES string of the molecule is CCCC(C)NCCN(C)CC(C)C. The lowest BCUT2D eigenvalue weighted by Gasteiger charge is -2.20. The van der Waals surface area contributed by atoms with E-state index in [4.69, 9.17) is 0 Å². The lowest BCUT2D eigenvalue weighted by Crippen LogP contribution is -2.35. The molecule has 0 aliphatic carbocycles. The van der Waals surface area contributed by atoms with E-state index >= 15 is 0 Å². The average Bonchev–Trinajstić information content (AvgIpc) is 2.02. The molecule has 1 unspecified atom stereocenters. The summed E-state index contributed by atoms with van der Waals surface area (Å²) in [5, 5.41) is 3.55. The lowest BCUT2D eigenvalue weighted by atomic mass is 10.2. The van der Waals surface area contributed by atoms with Crippen LogP contribution in [0.4, 0.5) is 0 Å². The Kier molecular flexibility index (Phi) is 8.20. The standard InChI is InChI=1S/C12H28N2/c1-6-7-12(4)13-8-9-14(5)10-11(2)3/h11-13H,6-10H2,1-5H3. The zero-order chi connectivity index (χ0) is 11.0. The molecule has 0 rings (SSSR count). The molecule has 0 aliphatic rings. The first-order valence-corrected chi connectivity index (χ1v) is 5.98. The molecule has 0 saturated heterocycles. The average molecular weight is 200 g/mol. The predicted octanol–water partition coefficient (Wildman–Crippen LogP) is 2.35. The predicted molar refractivity (Wildman–Crippen MR) is 64.7 cm³/mol. The van der Waals surface area contributed by atoms with Crippen LogP contribution in [0, 0.1) is 5.92 Å². The van der Waals surface area contributed by atoms with Crippen molar-refractivity contribution in [2.24, 2.45) is 5.92 Å². The van der Waals surface area contributed by atoms with E-state index in [1.807, 2.05) is 0 Å². The highest BCUT2D eigenvalue weighted by Crippen LogP contribution is 1.96. The van der Waals surface area contributed by atoms with Gasteiger partial charge in [0.1, 0.15) is 0 Å². The van der Waals surface area contributed by atoms with Gasteiger partial charge in [0.25, 0.3) is 0 Å². The molecule has 1 atom stereocenters. The summed E-state index contributed by atoms with van der Waals surface area (Å²) in [4.78, 5) is 2.40. The minimum Gasteiger partial charge on any atom is -0.313 e. The molecule has 0 aliphatic heterocycles. The van der Waals surface area contributed by atoms with Gasteiger partial charge in [0.2, 0.25) is 0 Å². The van der Waals surface area contributed by atoms with Gasteiger partial charge < -0.3 is 10.2 Å². The summed E-state index contributed by atoms with van der Waals surface area (Å²) < 4.78 is 0. The van der Waals surface area contributed by atoms with E-state index in [1.54, 1.807) is 0 Å². The number of likely N-dealkylation sites (N-methyl/N-ethyl adjacent to an activating group) is 1. The molecule has 86 valence electrons. The molecule has 0 aromatic heterocycles. The van der Waals surface area contributed by atoms with E-state index in [-0.39, 0.29) is 0 Å². The van der Waals surface area contributed by atoms with Crippen molar-refractivity contribution in [3.05, 3.63) is 0 Å². The first-order chi connectivity index (χ1) is 6.56. The third-order valence-corrected chi connectivity index (χ3v) is 2.38. The normalized spacial score (nSPS) is 13.9. The topological polar surface area (TPSA) is 15.3 Å². The van der Waals surface area contributed by atoms with Gasteiger partial charge in [0.15, 0.2) is 0 Å². The van der Waals surface area contributed by atoms with Crippen LogP contribution >= 0.6 is 0 Å². The van der Waals surface area contributed by atoms with Crippen LogP contribution in [0.15, 0.2) is 0 Å². The molecule has 0 radical (unpaired) electrons. The molecule has 2 nitrogen and oxygen atoms in total. The highest BCUT2D eigenvalue weighted by atomic mass is 15.1. The fourth-order valence-corrected chi connectivity index (χ4v) is 1.75. The molecular formula is C12H28N2. The summed E-state index contributed by atoms with van der Waals surface area (Å²) in [6.45, 7) is 12.5. The molecule has 0 spiro atoms. The van der Waals surface area contributed by atoms with E-state index in [0.717, 1.165) is 19.0 Å². The van der Waals surface area contributed by atoms with Gasteiger partial charge in [-0.15, -0.1) is 0 Å². The Bertz CT molecular complexity index is 123. The van der Waals surface area contributed by atoms with Gasteiger partial charge in [-0.05, 0) is 26.3 Å². The van der Waals surface area contributed by atoms with Crippen molar-refractivity contribution < 1.29 is 0 Å². The van der Waals surface area contributed by atoms with Crippen molar-refractivity contribution in [1.29, 1.82) is 0 Å². The number of hydrogen-bond donors (Lipinski definition) is 1. The molecule has 0 aromatic carbocycles. The third kappa shape index (κ3) is 8.52. The van der Waals surface area contributed by atoms with E-state index in [1.165, 1.54) is 19.4 Å². The fraction of sp³-hybridized carbons (Fsp3) is 1.00. The molecule has 0 fully saturated rings. The second kappa shape index (κ2) is 8.25. The van der Waals surface area contributed by atoms with Gasteiger partial charge in [0, 0.05) is 25.7 Å². The highest BCUT2D eigenvalue weighted by molar-refractivity contribution is 4.62. The van der Waals surface area contributed by atoms with Crippen LogP contribution in [-0.4, -0.2) is 37.6 Å². The maximum absolute atomic E-state index is 3.55. The maximum Gasteiger partial charge on any atom is 0.0104 e. The van der Waals surface area contributed by atoms with E-state index in [9.17, 15) is 0 Å². The molecule has 0 saturated carbocycles. The summed E-state index contributed by atoms with van der Waals surface area (Å²) in [6.07, 6.45) is 2.56. The zero-order valence-corrected chi connectivity index (χ0v) is 10.6. The lowest BCUT2D eigenvalue weighted by molar-refractivity contribution is 0.289. The number of nitrogens with one attached hydrogen (secondary N) is 1. The van der Waals surface area contributed by atoms with Crippen LogP contribution in [0.2, 0.25) is 0 Å². The summed E-state index contributed by atoms with van der Waals surface area (Å²) in [7, 11) is 2.20. The van der Waals surface area contributed by atoms with Crippen LogP contribution in [0.1, 0.15) is 40.5 Å². The second-order valence-corrected chi connectivity index (χ2v) is 4.80. The maximum atomic E-state index is 3.55. The van der Waals surface area contributed by atoms with Gasteiger partial charge >= 0.3 is 0 Å². The van der Waals surface area contributed by atoms with E-state index in [2.05, 4.69) is 45.0 Å². The largest absolute Gasteiger partial charge is 0.313 e. The molecule has 1 N–H and O–H groups in total. The first kappa shape index (κ1) is 13.9. The number of nitrogens with zero attached hydrogens (tertiary/aromatic N) is 1. The molecule has 0 aromatic rings. The van der Waals surface area contributed by atoms with Crippen LogP contribution in [0.25, 0.3) is 0 Å². The van der Waals surface area contributed by atoms with Crippen molar-refractivity contribution in [3.8, 4) is 0 Å². The molecule has 14 heavy (non-hydrogen) atoms. The van der Waals surface area contributed by atoms with Crippen LogP contribution in [-0.2, 0) is 0 Å². The minimum atomic E-state index is 0.674. The Morgan fingerprint density at radius 1 is 1.21 bits per heavy atom. The zero-order valence-electron chi connectivity index (χ0n) is 10.6. The molecule has 0 heterocycles. The van der Waals surface area contributed by atoms with Gasteiger partial charge in [0.05, 0.1) is 0 Å². The fourth-order valence-electron chi connectivity index (χ4n) is 1.75. The third-order valence-electron chi connectivity index (χ3n) is 2.38. The Hall–Kier alpha value is -0.0800. The summed E-state index contributed by atoms with van der Waals surface area (Å²) in [5.74, 6) is 0.771. The van der Waals surface area contributed by atoms with Crippen LogP contribution in [0.5, 0.6) is 0 Å². The Morgan fingerprint density at radius 2 is 1.86 bits per heavy atom. The van der Waals surface area contributed by atoms with Gasteiger partial charge in [-0.25, -0.2) is 0 Å². The minimum absolute atomic E-state index is 0.674. The summed E-state index contributed by atoms with van der Waals surface area (Å²) in [5.41, 5.74) is 0. The van der Waals surface area contributed by atoms with Crippen molar-refractivity contribution in [3.63, 3.8) is 0 Å². The summed E-state index contributed by atoms with van der Waals surface area (Å²) in [6, 6.07) is 0.674. The van der Waals surface area contributed by atoms with E-state index in [0.29, 0.717) is 6.04 Å². The van der Waals surface area contributed by atoms with Crippen LogP contribution in [0.3, 0.4) is 0 Å². The van der Waals surface area contributed by atoms with Crippen molar-refractivity contribution in [2.45, 2.75) is 46.6 Å². The second-order valence-electron chi connectivity index (χ2n) is 4.80. The molecule has 0 amide bonds.